The molecule has 4 unspecified atom stereocenters. The average Bonchev–Trinajstić information content (AvgIpc) is 2.81. The fourth-order valence-corrected chi connectivity index (χ4v) is 4.38. The van der Waals surface area contributed by atoms with Crippen LogP contribution in [0.4, 0.5) is 0 Å². The molecule has 0 amide bonds. The summed E-state index contributed by atoms with van der Waals surface area (Å²) < 4.78 is 5.65. The molecular weight excluding hydrogens is 278 g/mol. The molecule has 106 valence electrons. The van der Waals surface area contributed by atoms with E-state index in [-0.39, 0.29) is 11.3 Å². The van der Waals surface area contributed by atoms with Crippen LogP contribution in [0.15, 0.2) is 24.3 Å². The van der Waals surface area contributed by atoms with Crippen LogP contribution in [0.25, 0.3) is 0 Å². The molecule has 1 aromatic rings. The van der Waals surface area contributed by atoms with E-state index in [2.05, 4.69) is 19.9 Å². The summed E-state index contributed by atoms with van der Waals surface area (Å²) >= 11 is 8.27. The molecule has 2 N–H and O–H groups in total. The van der Waals surface area contributed by atoms with Crippen molar-refractivity contribution in [1.82, 2.24) is 0 Å². The summed E-state index contributed by atoms with van der Waals surface area (Å²) in [6.07, 6.45) is 2.35. The highest BCUT2D eigenvalue weighted by atomic mass is 35.5. The van der Waals surface area contributed by atoms with Crippen molar-refractivity contribution in [1.29, 1.82) is 0 Å². The molecule has 1 saturated heterocycles. The van der Waals surface area contributed by atoms with Crippen LogP contribution in [0, 0.1) is 0 Å². The summed E-state index contributed by atoms with van der Waals surface area (Å²) in [7, 11) is 0. The molecule has 0 aliphatic carbocycles. The fourth-order valence-electron chi connectivity index (χ4n) is 2.40. The summed E-state index contributed by atoms with van der Waals surface area (Å²) in [6.45, 7) is 5.13. The number of ether oxygens (including phenoxy) is 1. The van der Waals surface area contributed by atoms with Crippen molar-refractivity contribution in [3.8, 4) is 0 Å². The maximum Gasteiger partial charge on any atom is 0.0666 e. The third kappa shape index (κ3) is 3.66. The van der Waals surface area contributed by atoms with Crippen LogP contribution in [0.3, 0.4) is 0 Å². The van der Waals surface area contributed by atoms with Gasteiger partial charge in [-0.05, 0) is 31.4 Å². The first kappa shape index (κ1) is 15.2. The first-order valence-electron chi connectivity index (χ1n) is 6.90. The Morgan fingerprint density at radius 3 is 2.79 bits per heavy atom. The second-order valence-electron chi connectivity index (χ2n) is 5.05. The quantitative estimate of drug-likeness (QED) is 0.891. The van der Waals surface area contributed by atoms with Crippen molar-refractivity contribution < 1.29 is 4.74 Å². The largest absolute Gasteiger partial charge is 0.377 e. The van der Waals surface area contributed by atoms with Crippen molar-refractivity contribution in [3.05, 3.63) is 34.9 Å². The van der Waals surface area contributed by atoms with Crippen LogP contribution in [-0.2, 0) is 4.74 Å². The lowest BCUT2D eigenvalue weighted by Crippen LogP contribution is -2.28. The van der Waals surface area contributed by atoms with Gasteiger partial charge in [-0.2, -0.15) is 0 Å². The lowest BCUT2D eigenvalue weighted by atomic mass is 10.0. The van der Waals surface area contributed by atoms with E-state index in [9.17, 15) is 0 Å². The van der Waals surface area contributed by atoms with Crippen molar-refractivity contribution in [2.24, 2.45) is 5.73 Å². The molecule has 1 aliphatic rings. The minimum atomic E-state index is 0.123. The number of hydrogen-bond acceptors (Lipinski definition) is 3. The van der Waals surface area contributed by atoms with E-state index in [1.54, 1.807) is 0 Å². The summed E-state index contributed by atoms with van der Waals surface area (Å²) in [5.74, 6) is 0. The van der Waals surface area contributed by atoms with Gasteiger partial charge >= 0.3 is 0 Å². The standard InChI is InChI=1S/C15H22ClNOS/c1-3-13(17)15(11-6-4-5-7-12(11)16)19-14-8-9-18-10(14)2/h4-7,10,13-15H,3,8-9,17H2,1-2H3. The van der Waals surface area contributed by atoms with Gasteiger partial charge in [0.1, 0.15) is 0 Å². The molecule has 0 bridgehead atoms. The van der Waals surface area contributed by atoms with Crippen LogP contribution in [-0.4, -0.2) is 24.0 Å². The molecule has 2 rings (SSSR count). The summed E-state index contributed by atoms with van der Waals surface area (Å²) in [6, 6.07) is 8.16. The molecule has 2 nitrogen and oxygen atoms in total. The van der Waals surface area contributed by atoms with Crippen molar-refractivity contribution in [3.63, 3.8) is 0 Å². The second kappa shape index (κ2) is 6.98. The van der Waals surface area contributed by atoms with Gasteiger partial charge in [0.2, 0.25) is 0 Å². The lowest BCUT2D eigenvalue weighted by molar-refractivity contribution is 0.127. The molecule has 4 atom stereocenters. The smallest absolute Gasteiger partial charge is 0.0666 e. The third-order valence-electron chi connectivity index (χ3n) is 3.70. The fraction of sp³-hybridized carbons (Fsp3) is 0.600. The van der Waals surface area contributed by atoms with E-state index in [1.807, 2.05) is 30.0 Å². The van der Waals surface area contributed by atoms with Crippen molar-refractivity contribution in [2.45, 2.75) is 49.3 Å². The van der Waals surface area contributed by atoms with E-state index < -0.39 is 0 Å². The van der Waals surface area contributed by atoms with Gasteiger partial charge < -0.3 is 10.5 Å². The van der Waals surface area contributed by atoms with E-state index >= 15 is 0 Å². The molecule has 0 spiro atoms. The highest BCUT2D eigenvalue weighted by molar-refractivity contribution is 8.00. The molecular formula is C15H22ClNOS. The van der Waals surface area contributed by atoms with Gasteiger partial charge in [-0.3, -0.25) is 0 Å². The predicted molar refractivity (Wildman–Crippen MR) is 83.9 cm³/mol. The Bertz CT molecular complexity index is 415. The molecule has 1 heterocycles. The van der Waals surface area contributed by atoms with Gasteiger partial charge in [-0.15, -0.1) is 11.8 Å². The highest BCUT2D eigenvalue weighted by Crippen LogP contribution is 2.42. The molecule has 0 saturated carbocycles. The normalized spacial score (nSPS) is 26.3. The zero-order valence-electron chi connectivity index (χ0n) is 11.5. The van der Waals surface area contributed by atoms with Crippen LogP contribution in [0.1, 0.15) is 37.5 Å². The molecule has 1 aliphatic heterocycles. The Morgan fingerprint density at radius 1 is 1.47 bits per heavy atom. The van der Waals surface area contributed by atoms with E-state index in [0.29, 0.717) is 11.4 Å². The SMILES string of the molecule is CCC(N)C(SC1CCOC1C)c1ccccc1Cl. The Morgan fingerprint density at radius 2 is 2.21 bits per heavy atom. The Labute approximate surface area is 125 Å². The van der Waals surface area contributed by atoms with E-state index in [0.717, 1.165) is 30.0 Å². The van der Waals surface area contributed by atoms with Crippen LogP contribution < -0.4 is 5.73 Å². The third-order valence-corrected chi connectivity index (χ3v) is 5.91. The first-order chi connectivity index (χ1) is 9.13. The number of hydrogen-bond donors (Lipinski definition) is 1. The number of benzene rings is 1. The lowest BCUT2D eigenvalue weighted by Gasteiger charge is -2.27. The second-order valence-corrected chi connectivity index (χ2v) is 6.85. The Balaban J connectivity index is 2.19. The van der Waals surface area contributed by atoms with Crippen LogP contribution in [0.2, 0.25) is 5.02 Å². The molecule has 19 heavy (non-hydrogen) atoms. The van der Waals surface area contributed by atoms with Gasteiger partial charge in [0.25, 0.3) is 0 Å². The molecule has 1 aromatic carbocycles. The summed E-state index contributed by atoms with van der Waals surface area (Å²) in [5.41, 5.74) is 7.48. The predicted octanol–water partition coefficient (Wildman–Crippen LogP) is 4.03. The van der Waals surface area contributed by atoms with Gasteiger partial charge in [-0.25, -0.2) is 0 Å². The maximum atomic E-state index is 6.34. The van der Waals surface area contributed by atoms with Gasteiger partial charge in [0, 0.05) is 28.2 Å². The van der Waals surface area contributed by atoms with Crippen molar-refractivity contribution >= 4 is 23.4 Å². The first-order valence-corrected chi connectivity index (χ1v) is 8.22. The summed E-state index contributed by atoms with van der Waals surface area (Å²) in [5, 5.41) is 1.57. The average molecular weight is 300 g/mol. The van der Waals surface area contributed by atoms with Gasteiger partial charge in [0.15, 0.2) is 0 Å². The van der Waals surface area contributed by atoms with Crippen LogP contribution >= 0.6 is 23.4 Å². The van der Waals surface area contributed by atoms with E-state index in [4.69, 9.17) is 22.1 Å². The van der Waals surface area contributed by atoms with E-state index in [1.165, 1.54) is 0 Å². The van der Waals surface area contributed by atoms with Crippen LogP contribution in [0.5, 0.6) is 0 Å². The van der Waals surface area contributed by atoms with Crippen molar-refractivity contribution in [2.75, 3.05) is 6.61 Å². The molecule has 1 fully saturated rings. The number of rotatable bonds is 5. The summed E-state index contributed by atoms with van der Waals surface area (Å²) in [4.78, 5) is 0. The number of thioether (sulfide) groups is 1. The monoisotopic (exact) mass is 299 g/mol. The minimum absolute atomic E-state index is 0.123. The topological polar surface area (TPSA) is 35.2 Å². The molecule has 0 aromatic heterocycles. The minimum Gasteiger partial charge on any atom is -0.377 e. The number of nitrogens with two attached hydrogens (primary N) is 1. The van der Waals surface area contributed by atoms with Gasteiger partial charge in [0.05, 0.1) is 6.10 Å². The molecule has 0 radical (unpaired) electrons. The Hall–Kier alpha value is -0.220. The zero-order chi connectivity index (χ0) is 13.8. The number of halogens is 1. The zero-order valence-corrected chi connectivity index (χ0v) is 13.1. The highest BCUT2D eigenvalue weighted by Gasteiger charge is 2.31. The van der Waals surface area contributed by atoms with Gasteiger partial charge in [-0.1, -0.05) is 36.7 Å². The Kier molecular flexibility index (Phi) is 5.58. The maximum absolute atomic E-state index is 6.34. The molecule has 4 heteroatoms.